The van der Waals surface area contributed by atoms with Gasteiger partial charge in [0.1, 0.15) is 51.9 Å². The minimum atomic E-state index is -0.666. The van der Waals surface area contributed by atoms with Crippen LogP contribution in [0.25, 0.3) is 0 Å². The van der Waals surface area contributed by atoms with Crippen molar-refractivity contribution in [1.29, 1.82) is 0 Å². The van der Waals surface area contributed by atoms with E-state index in [0.717, 1.165) is 11.1 Å². The summed E-state index contributed by atoms with van der Waals surface area (Å²) in [6.45, 7) is 0. The van der Waals surface area contributed by atoms with E-state index in [4.69, 9.17) is 4.74 Å². The molecule has 6 aromatic rings. The molecule has 256 valence electrons. The van der Waals surface area contributed by atoms with Crippen LogP contribution in [0.1, 0.15) is 73.0 Å². The van der Waals surface area contributed by atoms with Crippen molar-refractivity contribution in [2.45, 2.75) is 38.2 Å². The molecule has 0 aromatic heterocycles. The van der Waals surface area contributed by atoms with Crippen LogP contribution < -0.4 is 4.74 Å². The molecule has 1 heterocycles. The molecule has 51 heavy (non-hydrogen) atoms. The molecule has 1 atom stereocenters. The van der Waals surface area contributed by atoms with Gasteiger partial charge in [-0.3, -0.25) is 4.79 Å². The molecule has 0 aliphatic carbocycles. The maximum atomic E-state index is 13.7. The zero-order valence-corrected chi connectivity index (χ0v) is 27.6. The van der Waals surface area contributed by atoms with Crippen LogP contribution in [-0.4, -0.2) is 36.4 Å². The number of aromatic hydroxyl groups is 6. The maximum absolute atomic E-state index is 13.7. The highest BCUT2D eigenvalue weighted by Crippen LogP contribution is 2.50. The van der Waals surface area contributed by atoms with Crippen molar-refractivity contribution in [2.24, 2.45) is 0 Å². The van der Waals surface area contributed by atoms with Gasteiger partial charge < -0.3 is 35.4 Å². The van der Waals surface area contributed by atoms with Crippen LogP contribution in [0.3, 0.4) is 0 Å². The Morgan fingerprint density at radius 3 is 1.76 bits per heavy atom. The summed E-state index contributed by atoms with van der Waals surface area (Å²) < 4.78 is 6.41. The van der Waals surface area contributed by atoms with Crippen molar-refractivity contribution < 1.29 is 40.2 Å². The quantitative estimate of drug-likeness (QED) is 0.0901. The van der Waals surface area contributed by atoms with Crippen LogP contribution in [0.5, 0.6) is 40.2 Å². The van der Waals surface area contributed by atoms with E-state index >= 15 is 0 Å². The van der Waals surface area contributed by atoms with Crippen LogP contribution in [0.15, 0.2) is 115 Å². The number of hydrogen-bond acceptors (Lipinski definition) is 8. The standard InChI is InChI=1S/C43H36O8/c44-34-15-6-4-11-27(34)21-30-14-8-13-29(40(30)48)19-25-17-18-36(46)31(20-25)23-33-41(49)32(22-28-12-5-7-16-35(28)45)42(50)39-37(47)24-38(51-43(33)39)26-9-2-1-3-10-26/h1-18,20,38,44-46,48-50H,19,21-24H2. The summed E-state index contributed by atoms with van der Waals surface area (Å²) in [5.74, 6) is -0.876. The predicted molar refractivity (Wildman–Crippen MR) is 192 cm³/mol. The number of fused-ring (bicyclic) bond motifs is 1. The summed E-state index contributed by atoms with van der Waals surface area (Å²) >= 11 is 0. The number of benzene rings is 6. The Bertz CT molecular complexity index is 2260. The number of para-hydroxylation sites is 3. The third-order valence-corrected chi connectivity index (χ3v) is 9.52. The third-order valence-electron chi connectivity index (χ3n) is 9.52. The number of Topliss-reactive ketones (excluding diaryl/α,β-unsaturated/α-hetero) is 1. The molecule has 1 aliphatic heterocycles. The third kappa shape index (κ3) is 6.64. The van der Waals surface area contributed by atoms with Gasteiger partial charge >= 0.3 is 0 Å². The molecule has 0 amide bonds. The Morgan fingerprint density at radius 2 is 1.08 bits per heavy atom. The number of ketones is 1. The summed E-state index contributed by atoms with van der Waals surface area (Å²) in [7, 11) is 0. The number of phenolic OH excluding ortho intramolecular Hbond substituents is 6. The zero-order chi connectivity index (χ0) is 35.6. The molecule has 1 aliphatic rings. The second-order valence-electron chi connectivity index (χ2n) is 12.9. The number of hydrogen-bond donors (Lipinski definition) is 6. The predicted octanol–water partition coefficient (Wildman–Crippen LogP) is 7.99. The fraction of sp³-hybridized carbons (Fsp3) is 0.140. The number of rotatable bonds is 9. The van der Waals surface area contributed by atoms with E-state index in [-0.39, 0.29) is 76.2 Å². The monoisotopic (exact) mass is 680 g/mol. The summed E-state index contributed by atoms with van der Waals surface area (Å²) in [5.41, 5.74) is 4.58. The van der Waals surface area contributed by atoms with Crippen molar-refractivity contribution in [3.05, 3.63) is 171 Å². The lowest BCUT2D eigenvalue weighted by Crippen LogP contribution is -2.22. The summed E-state index contributed by atoms with van der Waals surface area (Å²) in [6, 6.07) is 33.3. The fourth-order valence-corrected chi connectivity index (χ4v) is 6.79. The Hall–Kier alpha value is -6.41. The maximum Gasteiger partial charge on any atom is 0.174 e. The topological polar surface area (TPSA) is 148 Å². The number of phenols is 6. The van der Waals surface area contributed by atoms with E-state index < -0.39 is 11.9 Å². The van der Waals surface area contributed by atoms with Crippen LogP contribution >= 0.6 is 0 Å². The van der Waals surface area contributed by atoms with Crippen molar-refractivity contribution in [2.75, 3.05) is 0 Å². The molecule has 0 saturated carbocycles. The van der Waals surface area contributed by atoms with Crippen LogP contribution in [0.2, 0.25) is 0 Å². The summed E-state index contributed by atoms with van der Waals surface area (Å²) in [5, 5.41) is 66.4. The Morgan fingerprint density at radius 1 is 0.510 bits per heavy atom. The summed E-state index contributed by atoms with van der Waals surface area (Å²) in [6.07, 6.45) is -0.168. The lowest BCUT2D eigenvalue weighted by atomic mass is 9.87. The molecule has 8 nitrogen and oxygen atoms in total. The van der Waals surface area contributed by atoms with Gasteiger partial charge in [0.2, 0.25) is 0 Å². The lowest BCUT2D eigenvalue weighted by Gasteiger charge is -2.30. The van der Waals surface area contributed by atoms with E-state index in [2.05, 4.69) is 0 Å². The fourth-order valence-electron chi connectivity index (χ4n) is 6.79. The molecule has 8 heteroatoms. The van der Waals surface area contributed by atoms with Crippen molar-refractivity contribution in [3.63, 3.8) is 0 Å². The first-order valence-electron chi connectivity index (χ1n) is 16.7. The Balaban J connectivity index is 1.27. The minimum absolute atomic E-state index is 0.0273. The highest BCUT2D eigenvalue weighted by atomic mass is 16.5. The highest BCUT2D eigenvalue weighted by molar-refractivity contribution is 6.04. The van der Waals surface area contributed by atoms with E-state index in [1.165, 1.54) is 6.07 Å². The van der Waals surface area contributed by atoms with Gasteiger partial charge in [-0.1, -0.05) is 97.1 Å². The highest BCUT2D eigenvalue weighted by Gasteiger charge is 2.36. The zero-order valence-electron chi connectivity index (χ0n) is 27.6. The first-order valence-corrected chi connectivity index (χ1v) is 16.7. The average Bonchev–Trinajstić information content (AvgIpc) is 3.13. The largest absolute Gasteiger partial charge is 0.508 e. The smallest absolute Gasteiger partial charge is 0.174 e. The molecule has 0 radical (unpaired) electrons. The van der Waals surface area contributed by atoms with Gasteiger partial charge in [0.05, 0.1) is 6.42 Å². The first kappa shape index (κ1) is 33.1. The molecule has 0 saturated heterocycles. The van der Waals surface area contributed by atoms with Crippen molar-refractivity contribution in [3.8, 4) is 40.2 Å². The number of carbonyl (C=O) groups is 1. The first-order chi connectivity index (χ1) is 24.7. The summed E-state index contributed by atoms with van der Waals surface area (Å²) in [4.78, 5) is 13.7. The van der Waals surface area contributed by atoms with Crippen molar-refractivity contribution >= 4 is 5.78 Å². The molecule has 1 unspecified atom stereocenters. The second-order valence-corrected chi connectivity index (χ2v) is 12.9. The van der Waals surface area contributed by atoms with Gasteiger partial charge in [0, 0.05) is 36.8 Å². The van der Waals surface area contributed by atoms with Gasteiger partial charge in [-0.25, -0.2) is 0 Å². The van der Waals surface area contributed by atoms with Crippen LogP contribution in [-0.2, 0) is 25.7 Å². The number of carbonyl (C=O) groups excluding carboxylic acids is 1. The molecular formula is C43H36O8. The van der Waals surface area contributed by atoms with Gasteiger partial charge in [-0.15, -0.1) is 0 Å². The molecule has 6 N–H and O–H groups in total. The van der Waals surface area contributed by atoms with E-state index in [1.54, 1.807) is 60.7 Å². The van der Waals surface area contributed by atoms with Gasteiger partial charge in [0.25, 0.3) is 0 Å². The molecule has 7 rings (SSSR count). The average molecular weight is 681 g/mol. The normalized spacial score (nSPS) is 13.8. The van der Waals surface area contributed by atoms with Crippen molar-refractivity contribution in [1.82, 2.24) is 0 Å². The number of ether oxygens (including phenoxy) is 1. The van der Waals surface area contributed by atoms with Crippen LogP contribution in [0, 0.1) is 0 Å². The van der Waals surface area contributed by atoms with Gasteiger partial charge in [0.15, 0.2) is 5.78 Å². The molecule has 0 bridgehead atoms. The Kier molecular flexibility index (Phi) is 8.98. The van der Waals surface area contributed by atoms with Crippen LogP contribution in [0.4, 0.5) is 0 Å². The lowest BCUT2D eigenvalue weighted by molar-refractivity contribution is 0.0842. The van der Waals surface area contributed by atoms with E-state index in [9.17, 15) is 35.4 Å². The molecular weight excluding hydrogens is 644 g/mol. The SMILES string of the molecule is O=C1CC(c2ccccc2)Oc2c(Cc3cc(Cc4cccc(Cc5ccccc5O)c4O)ccc3O)c(O)c(Cc3ccccc3O)c(O)c21. The van der Waals surface area contributed by atoms with Gasteiger partial charge in [-0.2, -0.15) is 0 Å². The van der Waals surface area contributed by atoms with E-state index in [1.807, 2.05) is 48.5 Å². The minimum Gasteiger partial charge on any atom is -0.508 e. The molecule has 0 fully saturated rings. The van der Waals surface area contributed by atoms with Gasteiger partial charge in [-0.05, 0) is 57.1 Å². The van der Waals surface area contributed by atoms with E-state index in [0.29, 0.717) is 40.7 Å². The Labute approximate surface area is 294 Å². The second kappa shape index (κ2) is 13.8. The molecule has 0 spiro atoms. The molecule has 6 aromatic carbocycles.